The van der Waals surface area contributed by atoms with Crippen LogP contribution in [0.2, 0.25) is 0 Å². The van der Waals surface area contributed by atoms with Crippen LogP contribution in [-0.4, -0.2) is 10.1 Å². The summed E-state index contributed by atoms with van der Waals surface area (Å²) in [7, 11) is 0. The van der Waals surface area contributed by atoms with Crippen molar-refractivity contribution in [3.63, 3.8) is 0 Å². The lowest BCUT2D eigenvalue weighted by Crippen LogP contribution is -2.14. The fourth-order valence-corrected chi connectivity index (χ4v) is 3.96. The van der Waals surface area contributed by atoms with E-state index in [9.17, 15) is 5.11 Å². The highest BCUT2D eigenvalue weighted by atomic mass is 32.2. The van der Waals surface area contributed by atoms with Crippen LogP contribution in [0, 0.1) is 6.92 Å². The van der Waals surface area contributed by atoms with Gasteiger partial charge in [0.1, 0.15) is 5.01 Å². The minimum Gasteiger partial charge on any atom is -0.391 e. The van der Waals surface area contributed by atoms with Crippen molar-refractivity contribution in [1.82, 2.24) is 4.98 Å². The van der Waals surface area contributed by atoms with E-state index in [2.05, 4.69) is 52.0 Å². The summed E-state index contributed by atoms with van der Waals surface area (Å²) in [6, 6.07) is 8.55. The molecule has 0 aliphatic rings. The fourth-order valence-electron chi connectivity index (χ4n) is 1.93. The smallest absolute Gasteiger partial charge is 0.103 e. The van der Waals surface area contributed by atoms with Crippen LogP contribution in [-0.2, 0) is 17.8 Å². The van der Waals surface area contributed by atoms with Crippen molar-refractivity contribution >= 4 is 23.1 Å². The zero-order chi connectivity index (χ0) is 14.8. The van der Waals surface area contributed by atoms with Gasteiger partial charge in [0.25, 0.3) is 0 Å². The van der Waals surface area contributed by atoms with Gasteiger partial charge in [0.2, 0.25) is 0 Å². The molecule has 0 unspecified atom stereocenters. The molecule has 0 atom stereocenters. The number of thiazole rings is 1. The third-order valence-electron chi connectivity index (χ3n) is 2.98. The van der Waals surface area contributed by atoms with Gasteiger partial charge < -0.3 is 5.11 Å². The standard InChI is InChI=1S/C16H21NOS2/c1-11-5-7-12(8-6-11)19-10-14-17-15(16(2,3)4)13(9-18)20-14/h5-8,18H,9-10H2,1-4H3. The quantitative estimate of drug-likeness (QED) is 0.842. The van der Waals surface area contributed by atoms with Gasteiger partial charge in [0, 0.05) is 10.3 Å². The highest BCUT2D eigenvalue weighted by Crippen LogP contribution is 2.32. The Kier molecular flexibility index (Phi) is 4.89. The van der Waals surface area contributed by atoms with Crippen molar-refractivity contribution in [2.45, 2.75) is 50.4 Å². The number of hydrogen-bond donors (Lipinski definition) is 1. The molecular formula is C16H21NOS2. The Labute approximate surface area is 129 Å². The Morgan fingerprint density at radius 2 is 1.85 bits per heavy atom. The molecule has 0 bridgehead atoms. The first-order chi connectivity index (χ1) is 9.40. The molecule has 20 heavy (non-hydrogen) atoms. The molecule has 1 aromatic carbocycles. The van der Waals surface area contributed by atoms with Gasteiger partial charge in [-0.2, -0.15) is 0 Å². The summed E-state index contributed by atoms with van der Waals surface area (Å²) >= 11 is 3.42. The largest absolute Gasteiger partial charge is 0.391 e. The Hall–Kier alpha value is -0.840. The summed E-state index contributed by atoms with van der Waals surface area (Å²) in [5.41, 5.74) is 2.30. The van der Waals surface area contributed by atoms with E-state index >= 15 is 0 Å². The summed E-state index contributed by atoms with van der Waals surface area (Å²) in [5.74, 6) is 0.858. The Morgan fingerprint density at radius 3 is 2.35 bits per heavy atom. The van der Waals surface area contributed by atoms with Crippen LogP contribution in [0.25, 0.3) is 0 Å². The van der Waals surface area contributed by atoms with Crippen LogP contribution < -0.4 is 0 Å². The number of hydrogen-bond acceptors (Lipinski definition) is 4. The number of aliphatic hydroxyl groups is 1. The molecule has 1 N–H and O–H groups in total. The van der Waals surface area contributed by atoms with Crippen LogP contribution in [0.1, 0.15) is 41.9 Å². The summed E-state index contributed by atoms with van der Waals surface area (Å²) in [5, 5.41) is 10.6. The minimum absolute atomic E-state index is 0.0126. The fraction of sp³-hybridized carbons (Fsp3) is 0.438. The van der Waals surface area contributed by atoms with Crippen molar-refractivity contribution in [2.75, 3.05) is 0 Å². The van der Waals surface area contributed by atoms with E-state index in [1.54, 1.807) is 23.1 Å². The Balaban J connectivity index is 2.10. The number of rotatable bonds is 4. The molecule has 2 nitrogen and oxygen atoms in total. The van der Waals surface area contributed by atoms with Crippen LogP contribution in [0.4, 0.5) is 0 Å². The van der Waals surface area contributed by atoms with E-state index in [0.717, 1.165) is 21.3 Å². The van der Waals surface area contributed by atoms with Gasteiger partial charge in [-0.1, -0.05) is 38.5 Å². The lowest BCUT2D eigenvalue weighted by Gasteiger charge is -2.16. The highest BCUT2D eigenvalue weighted by Gasteiger charge is 2.22. The number of thioether (sulfide) groups is 1. The highest BCUT2D eigenvalue weighted by molar-refractivity contribution is 7.98. The molecule has 1 heterocycles. The van der Waals surface area contributed by atoms with Crippen LogP contribution >= 0.6 is 23.1 Å². The molecule has 4 heteroatoms. The second-order valence-electron chi connectivity index (χ2n) is 5.89. The van der Waals surface area contributed by atoms with E-state index < -0.39 is 0 Å². The Bertz CT molecular complexity index is 567. The second-order valence-corrected chi connectivity index (χ2v) is 8.11. The van der Waals surface area contributed by atoms with Gasteiger partial charge in [0.15, 0.2) is 0 Å². The zero-order valence-corrected chi connectivity index (χ0v) is 14.1. The summed E-state index contributed by atoms with van der Waals surface area (Å²) in [4.78, 5) is 6.98. The average molecular weight is 307 g/mol. The number of nitrogens with zero attached hydrogens (tertiary/aromatic N) is 1. The minimum atomic E-state index is -0.0126. The molecule has 108 valence electrons. The number of aryl methyl sites for hydroxylation is 1. The van der Waals surface area contributed by atoms with E-state index in [1.165, 1.54) is 10.5 Å². The SMILES string of the molecule is Cc1ccc(SCc2nc(C(C)(C)C)c(CO)s2)cc1. The van der Waals surface area contributed by atoms with E-state index in [-0.39, 0.29) is 12.0 Å². The van der Waals surface area contributed by atoms with Crippen LogP contribution in [0.15, 0.2) is 29.2 Å². The maximum absolute atomic E-state index is 9.47. The monoisotopic (exact) mass is 307 g/mol. The van der Waals surface area contributed by atoms with Crippen LogP contribution in [0.3, 0.4) is 0 Å². The van der Waals surface area contributed by atoms with Gasteiger partial charge in [0.05, 0.1) is 22.9 Å². The van der Waals surface area contributed by atoms with Crippen LogP contribution in [0.5, 0.6) is 0 Å². The second kappa shape index (κ2) is 6.29. The van der Waals surface area contributed by atoms with Crippen molar-refractivity contribution < 1.29 is 5.11 Å². The lowest BCUT2D eigenvalue weighted by molar-refractivity contribution is 0.282. The zero-order valence-electron chi connectivity index (χ0n) is 12.4. The van der Waals surface area contributed by atoms with Crippen molar-refractivity contribution in [1.29, 1.82) is 0 Å². The normalized spacial score (nSPS) is 11.8. The molecule has 0 saturated heterocycles. The van der Waals surface area contributed by atoms with Gasteiger partial charge in [-0.3, -0.25) is 0 Å². The first-order valence-corrected chi connectivity index (χ1v) is 8.50. The number of aliphatic hydroxyl groups excluding tert-OH is 1. The number of aromatic nitrogens is 1. The molecule has 0 saturated carbocycles. The third kappa shape index (κ3) is 3.84. The first-order valence-electron chi connectivity index (χ1n) is 6.69. The maximum Gasteiger partial charge on any atom is 0.103 e. The average Bonchev–Trinajstić information content (AvgIpc) is 2.81. The molecule has 0 fully saturated rings. The predicted molar refractivity (Wildman–Crippen MR) is 87.5 cm³/mol. The molecule has 0 radical (unpaired) electrons. The van der Waals surface area contributed by atoms with Crippen molar-refractivity contribution in [3.05, 3.63) is 45.4 Å². The molecule has 0 aliphatic carbocycles. The topological polar surface area (TPSA) is 33.1 Å². The van der Waals surface area contributed by atoms with E-state index in [0.29, 0.717) is 0 Å². The molecular weight excluding hydrogens is 286 g/mol. The number of benzene rings is 1. The first kappa shape index (κ1) is 15.5. The maximum atomic E-state index is 9.47. The predicted octanol–water partition coefficient (Wildman–Crippen LogP) is 4.53. The Morgan fingerprint density at radius 1 is 1.20 bits per heavy atom. The summed E-state index contributed by atoms with van der Waals surface area (Å²) in [6.07, 6.45) is 0. The van der Waals surface area contributed by atoms with E-state index in [1.807, 2.05) is 0 Å². The van der Waals surface area contributed by atoms with Crippen molar-refractivity contribution in [3.8, 4) is 0 Å². The molecule has 0 amide bonds. The molecule has 0 aliphatic heterocycles. The molecule has 2 rings (SSSR count). The molecule has 1 aromatic heterocycles. The van der Waals surface area contributed by atoms with Gasteiger partial charge in [-0.15, -0.1) is 23.1 Å². The third-order valence-corrected chi connectivity index (χ3v) is 5.23. The molecule has 2 aromatic rings. The van der Waals surface area contributed by atoms with Gasteiger partial charge in [-0.25, -0.2) is 4.98 Å². The van der Waals surface area contributed by atoms with E-state index in [4.69, 9.17) is 4.98 Å². The summed E-state index contributed by atoms with van der Waals surface area (Å²) < 4.78 is 0. The summed E-state index contributed by atoms with van der Waals surface area (Å²) in [6.45, 7) is 8.59. The van der Waals surface area contributed by atoms with Gasteiger partial charge >= 0.3 is 0 Å². The van der Waals surface area contributed by atoms with Crippen molar-refractivity contribution in [2.24, 2.45) is 0 Å². The lowest BCUT2D eigenvalue weighted by atomic mass is 9.91. The molecule has 0 spiro atoms. The van der Waals surface area contributed by atoms with Gasteiger partial charge in [-0.05, 0) is 19.1 Å².